The lowest BCUT2D eigenvalue weighted by Crippen LogP contribution is -2.47. The summed E-state index contributed by atoms with van der Waals surface area (Å²) in [5, 5.41) is 16.5. The first-order valence-electron chi connectivity index (χ1n) is 21.6. The molecule has 0 bridgehead atoms. The maximum Gasteiger partial charge on any atom is 0.293 e. The van der Waals surface area contributed by atoms with E-state index in [4.69, 9.17) is 16.3 Å². The number of hydrogen-bond acceptors (Lipinski definition) is 11. The van der Waals surface area contributed by atoms with Crippen molar-refractivity contribution in [3.8, 4) is 11.5 Å². The average Bonchev–Trinajstić information content (AvgIpc) is 3.78. The number of aromatic nitrogens is 2. The van der Waals surface area contributed by atoms with E-state index >= 15 is 0 Å². The number of halogens is 1. The maximum atomic E-state index is 13.9. The molecular weight excluding hydrogens is 816 g/mol. The molecular formula is C45H55ClN8O6S. The molecule has 4 atom stereocenters. The first-order chi connectivity index (χ1) is 29.2. The van der Waals surface area contributed by atoms with Crippen LogP contribution in [-0.2, 0) is 10.0 Å². The number of nitrogens with one attached hydrogen (secondary N) is 3. The van der Waals surface area contributed by atoms with Gasteiger partial charge in [0.25, 0.3) is 21.6 Å². The summed E-state index contributed by atoms with van der Waals surface area (Å²) in [5.41, 5.74) is 4.98. The number of fused-ring (bicyclic) bond motifs is 2. The van der Waals surface area contributed by atoms with E-state index in [2.05, 4.69) is 48.6 Å². The minimum Gasteiger partial charge on any atom is -0.455 e. The third-order valence-electron chi connectivity index (χ3n) is 13.8. The number of nitro groups is 1. The fourth-order valence-electron chi connectivity index (χ4n) is 10.1. The second kappa shape index (κ2) is 16.5. The number of likely N-dealkylation sites (tertiary alicyclic amines) is 1. The average molecular weight is 872 g/mol. The molecule has 2 aromatic heterocycles. The van der Waals surface area contributed by atoms with Crippen molar-refractivity contribution in [2.24, 2.45) is 23.2 Å². The van der Waals surface area contributed by atoms with Gasteiger partial charge in [0.2, 0.25) is 0 Å². The van der Waals surface area contributed by atoms with Crippen LogP contribution in [0, 0.1) is 33.3 Å². The van der Waals surface area contributed by atoms with Crippen LogP contribution in [-0.4, -0.2) is 103 Å². The number of H-pyrrole nitrogens is 1. The summed E-state index contributed by atoms with van der Waals surface area (Å²) in [5.74, 6) is 1.70. The van der Waals surface area contributed by atoms with Crippen molar-refractivity contribution in [3.63, 3.8) is 0 Å². The van der Waals surface area contributed by atoms with Gasteiger partial charge in [-0.2, -0.15) is 0 Å². The number of rotatable bonds is 12. The number of sulfonamides is 1. The molecule has 9 rings (SSSR count). The van der Waals surface area contributed by atoms with Gasteiger partial charge < -0.3 is 24.8 Å². The van der Waals surface area contributed by atoms with Crippen molar-refractivity contribution in [3.05, 3.63) is 87.7 Å². The van der Waals surface area contributed by atoms with Crippen molar-refractivity contribution in [2.45, 2.75) is 75.1 Å². The Morgan fingerprint density at radius 3 is 2.54 bits per heavy atom. The maximum absolute atomic E-state index is 13.9. The van der Waals surface area contributed by atoms with Crippen LogP contribution in [0.2, 0.25) is 0 Å². The summed E-state index contributed by atoms with van der Waals surface area (Å²) >= 11 is 6.78. The molecule has 16 heteroatoms. The van der Waals surface area contributed by atoms with Gasteiger partial charge in [-0.25, -0.2) is 18.1 Å². The summed E-state index contributed by atoms with van der Waals surface area (Å²) in [6, 6.07) is 12.5. The molecule has 324 valence electrons. The van der Waals surface area contributed by atoms with E-state index in [1.54, 1.807) is 41.7 Å². The second-order valence-corrected chi connectivity index (χ2v) is 20.9. The molecule has 4 heterocycles. The van der Waals surface area contributed by atoms with E-state index in [1.807, 2.05) is 19.2 Å². The number of allylic oxidation sites excluding steroid dienone is 1. The Morgan fingerprint density at radius 1 is 1.03 bits per heavy atom. The molecule has 2 unspecified atom stereocenters. The Kier molecular flexibility index (Phi) is 11.3. The van der Waals surface area contributed by atoms with Crippen molar-refractivity contribution < 1.29 is 22.9 Å². The SMILES string of the molecule is CN1CCC(Nc2ccc(S(=O)(=O)NC(=O)c3ccc(N4CCN(CC5=C([C@H]6C[C@@H](Cl)C7CC76)CC(C)(C)CC5)CC4)cc3Oc3cnc4[nH]ccc4c3)cc2[N+](=O)[O-])CC1. The van der Waals surface area contributed by atoms with Crippen molar-refractivity contribution in [2.75, 3.05) is 63.1 Å². The molecule has 61 heavy (non-hydrogen) atoms. The van der Waals surface area contributed by atoms with E-state index in [0.717, 1.165) is 94.6 Å². The predicted octanol–water partition coefficient (Wildman–Crippen LogP) is 7.78. The number of nitro benzene ring substituents is 1. The Balaban J connectivity index is 0.927. The molecule has 0 spiro atoms. The molecule has 14 nitrogen and oxygen atoms in total. The van der Waals surface area contributed by atoms with Gasteiger partial charge in [0.1, 0.15) is 22.8 Å². The first kappa shape index (κ1) is 41.6. The highest BCUT2D eigenvalue weighted by atomic mass is 35.5. The van der Waals surface area contributed by atoms with Crippen LogP contribution in [0.25, 0.3) is 11.0 Å². The first-order valence-corrected chi connectivity index (χ1v) is 23.5. The number of amides is 1. The highest BCUT2D eigenvalue weighted by molar-refractivity contribution is 7.90. The van der Waals surface area contributed by atoms with Gasteiger partial charge in [-0.3, -0.25) is 19.8 Å². The van der Waals surface area contributed by atoms with E-state index in [9.17, 15) is 23.3 Å². The molecule has 2 saturated carbocycles. The molecule has 0 radical (unpaired) electrons. The molecule has 2 aromatic carbocycles. The van der Waals surface area contributed by atoms with Crippen LogP contribution >= 0.6 is 11.6 Å². The lowest BCUT2D eigenvalue weighted by molar-refractivity contribution is -0.384. The quantitative estimate of drug-likeness (QED) is 0.0551. The Bertz CT molecular complexity index is 2470. The molecule has 2 saturated heterocycles. The fraction of sp³-hybridized carbons (Fsp3) is 0.511. The zero-order chi connectivity index (χ0) is 42.6. The molecule has 3 N–H and O–H groups in total. The zero-order valence-electron chi connectivity index (χ0n) is 35.0. The second-order valence-electron chi connectivity index (χ2n) is 18.6. The van der Waals surface area contributed by atoms with Gasteiger partial charge in [-0.15, -0.1) is 11.6 Å². The zero-order valence-corrected chi connectivity index (χ0v) is 36.6. The summed E-state index contributed by atoms with van der Waals surface area (Å²) < 4.78 is 35.9. The summed E-state index contributed by atoms with van der Waals surface area (Å²) in [6.45, 7) is 10.8. The smallest absolute Gasteiger partial charge is 0.293 e. The van der Waals surface area contributed by atoms with E-state index in [-0.39, 0.29) is 28.7 Å². The highest BCUT2D eigenvalue weighted by Gasteiger charge is 2.55. The number of piperidine rings is 1. The number of alkyl halides is 1. The van der Waals surface area contributed by atoms with Gasteiger partial charge in [-0.1, -0.05) is 25.0 Å². The van der Waals surface area contributed by atoms with Gasteiger partial charge in [0.15, 0.2) is 0 Å². The molecule has 4 aromatic rings. The number of piperazine rings is 1. The summed E-state index contributed by atoms with van der Waals surface area (Å²) in [4.78, 5) is 39.6. The Morgan fingerprint density at radius 2 is 1.82 bits per heavy atom. The third kappa shape index (κ3) is 8.98. The number of anilines is 2. The minimum absolute atomic E-state index is 0.0149. The molecule has 2 aliphatic heterocycles. The van der Waals surface area contributed by atoms with Gasteiger partial charge in [-0.05, 0) is 125 Å². The number of nitrogens with zero attached hydrogens (tertiary/aromatic N) is 5. The summed E-state index contributed by atoms with van der Waals surface area (Å²) in [6.07, 6.45) is 10.8. The number of carbonyl (C=O) groups excluding carboxylic acids is 1. The third-order valence-corrected chi connectivity index (χ3v) is 15.6. The van der Waals surface area contributed by atoms with Gasteiger partial charge in [0.05, 0.1) is 21.6 Å². The highest BCUT2D eigenvalue weighted by Crippen LogP contribution is 2.61. The number of benzene rings is 2. The number of carbonyl (C=O) groups is 1. The molecule has 1 amide bonds. The number of hydrogen-bond donors (Lipinski definition) is 3. The lowest BCUT2D eigenvalue weighted by atomic mass is 9.70. The normalized spacial score (nSPS) is 24.8. The molecule has 3 aliphatic carbocycles. The van der Waals surface area contributed by atoms with Crippen LogP contribution in [0.15, 0.2) is 77.0 Å². The minimum atomic E-state index is -4.54. The number of ether oxygens (including phenoxy) is 1. The van der Waals surface area contributed by atoms with Crippen LogP contribution in [0.3, 0.4) is 0 Å². The molecule has 5 aliphatic rings. The van der Waals surface area contributed by atoms with Gasteiger partial charge in [0, 0.05) is 73.5 Å². The standard InChI is InChI=1S/C45H55ClN8O6S/c1-45(2)12-8-29(38(25-45)36-24-39(46)37-23-35(36)37)27-52-16-18-53(19-17-52)31-4-6-34(42(21-31)60-32-20-28-9-13-47-43(28)48-26-32)44(55)50-61(58,59)33-5-7-40(41(22-33)54(56)57)49-30-10-14-51(3)15-11-30/h4-7,9,13,20-22,26,30,35-37,39,49H,8,10-12,14-19,23-25,27H2,1-3H3,(H,47,48)(H,50,55)/t35?,36-,37?,39+/m0/s1. The van der Waals surface area contributed by atoms with Crippen LogP contribution in [0.1, 0.15) is 69.2 Å². The van der Waals surface area contributed by atoms with Crippen LogP contribution in [0.4, 0.5) is 17.1 Å². The topological polar surface area (TPSA) is 166 Å². The lowest BCUT2D eigenvalue weighted by Gasteiger charge is -2.40. The number of aromatic amines is 1. The van der Waals surface area contributed by atoms with Crippen molar-refractivity contribution in [1.29, 1.82) is 0 Å². The molecule has 4 fully saturated rings. The largest absolute Gasteiger partial charge is 0.455 e. The fourth-order valence-corrected chi connectivity index (χ4v) is 11.6. The monoisotopic (exact) mass is 870 g/mol. The Hall–Kier alpha value is -4.70. The van der Waals surface area contributed by atoms with E-state index in [1.165, 1.54) is 31.4 Å². The predicted molar refractivity (Wildman–Crippen MR) is 237 cm³/mol. The van der Waals surface area contributed by atoms with E-state index < -0.39 is 25.7 Å². The Labute approximate surface area is 362 Å². The van der Waals surface area contributed by atoms with Crippen LogP contribution < -0.4 is 19.7 Å². The number of pyridine rings is 1. The van der Waals surface area contributed by atoms with Crippen molar-refractivity contribution in [1.82, 2.24) is 24.5 Å². The van der Waals surface area contributed by atoms with Gasteiger partial charge >= 0.3 is 0 Å². The van der Waals surface area contributed by atoms with Crippen molar-refractivity contribution >= 4 is 55.6 Å². The summed E-state index contributed by atoms with van der Waals surface area (Å²) in [7, 11) is -2.51. The van der Waals surface area contributed by atoms with Crippen LogP contribution in [0.5, 0.6) is 11.5 Å². The van der Waals surface area contributed by atoms with E-state index in [0.29, 0.717) is 34.0 Å².